The number of aliphatic hydroxyl groups is 3. The third-order valence-electron chi connectivity index (χ3n) is 3.35. The highest BCUT2D eigenvalue weighted by atomic mass is 19.3. The molecule has 1 aliphatic rings. The van der Waals surface area contributed by atoms with Gasteiger partial charge in [0.2, 0.25) is 5.91 Å². The maximum Gasteiger partial charge on any atom is 0.326 e. The van der Waals surface area contributed by atoms with E-state index in [1.807, 2.05) is 4.91 Å². The van der Waals surface area contributed by atoms with Gasteiger partial charge in [0.05, 0.1) is 18.8 Å². The van der Waals surface area contributed by atoms with Crippen molar-refractivity contribution < 1.29 is 33.6 Å². The van der Waals surface area contributed by atoms with E-state index in [1.165, 1.54) is 6.92 Å². The Morgan fingerprint density at radius 2 is 2.09 bits per heavy atom. The molecule has 22 heavy (non-hydrogen) atoms. The van der Waals surface area contributed by atoms with Gasteiger partial charge in [-0.25, -0.2) is 8.78 Å². The molecule has 11 heteroatoms. The molecule has 0 radical (unpaired) electrons. The number of ether oxygens (including phenoxy) is 1. The highest BCUT2D eigenvalue weighted by Gasteiger charge is 2.43. The first kappa shape index (κ1) is 18.5. The van der Waals surface area contributed by atoms with Crippen LogP contribution in [0.15, 0.2) is 5.11 Å². The van der Waals surface area contributed by atoms with Crippen molar-refractivity contribution in [3.63, 3.8) is 0 Å². The maximum atomic E-state index is 12.9. The first-order valence-corrected chi connectivity index (χ1v) is 6.57. The number of azide groups is 1. The van der Waals surface area contributed by atoms with Crippen LogP contribution in [0.4, 0.5) is 8.78 Å². The Hall–Kier alpha value is -1.52. The third kappa shape index (κ3) is 4.75. The van der Waals surface area contributed by atoms with Crippen LogP contribution in [0.5, 0.6) is 0 Å². The van der Waals surface area contributed by atoms with E-state index >= 15 is 0 Å². The lowest BCUT2D eigenvalue weighted by Gasteiger charge is -2.41. The minimum Gasteiger partial charge on any atom is -0.394 e. The molecule has 5 atom stereocenters. The minimum absolute atomic E-state index is 0.512. The van der Waals surface area contributed by atoms with Crippen molar-refractivity contribution in [2.45, 2.75) is 56.3 Å². The van der Waals surface area contributed by atoms with E-state index in [-0.39, 0.29) is 0 Å². The monoisotopic (exact) mass is 324 g/mol. The zero-order valence-electron chi connectivity index (χ0n) is 11.8. The second kappa shape index (κ2) is 7.65. The summed E-state index contributed by atoms with van der Waals surface area (Å²) in [6, 6.07) is -4.70. The van der Waals surface area contributed by atoms with Gasteiger partial charge in [-0.3, -0.25) is 4.79 Å². The second-order valence-corrected chi connectivity index (χ2v) is 4.99. The lowest BCUT2D eigenvalue weighted by atomic mass is 9.93. The number of carbonyl (C=O) groups excluding carboxylic acids is 1. The summed E-state index contributed by atoms with van der Waals surface area (Å²) in [6.45, 7) is 0.985. The first-order chi connectivity index (χ1) is 10.2. The van der Waals surface area contributed by atoms with Gasteiger partial charge < -0.3 is 25.4 Å². The molecule has 0 saturated carbocycles. The molecule has 0 spiro atoms. The standard InChI is InChI=1S/C11H18F2N4O5/c1-5-8(10(21)9(20)6(4-18)22-5)15-7(19)2-3-11(12,13)16-17-14/h5-6,8-10,18,20-21H,2-4H2,1H3,(H,15,19)/t5-,6?,8?,9+,10-/m1/s1. The molecule has 0 aromatic carbocycles. The first-order valence-electron chi connectivity index (χ1n) is 6.57. The third-order valence-corrected chi connectivity index (χ3v) is 3.35. The zero-order chi connectivity index (χ0) is 16.9. The minimum atomic E-state index is -3.68. The van der Waals surface area contributed by atoms with Crippen LogP contribution in [0.25, 0.3) is 10.4 Å². The molecule has 4 N–H and O–H groups in total. The molecule has 126 valence electrons. The summed E-state index contributed by atoms with van der Waals surface area (Å²) in [5.41, 5.74) is 7.95. The molecular weight excluding hydrogens is 306 g/mol. The van der Waals surface area contributed by atoms with Gasteiger partial charge in [0.1, 0.15) is 18.3 Å². The van der Waals surface area contributed by atoms with Crippen molar-refractivity contribution in [1.82, 2.24) is 5.32 Å². The Morgan fingerprint density at radius 1 is 1.45 bits per heavy atom. The van der Waals surface area contributed by atoms with E-state index in [0.29, 0.717) is 0 Å². The van der Waals surface area contributed by atoms with Crippen molar-refractivity contribution in [3.8, 4) is 0 Å². The summed E-state index contributed by atoms with van der Waals surface area (Å²) in [6.07, 6.45) is -6.19. The molecule has 0 aromatic rings. The molecule has 9 nitrogen and oxygen atoms in total. The van der Waals surface area contributed by atoms with Crippen LogP contribution in [0, 0.1) is 0 Å². The fourth-order valence-corrected chi connectivity index (χ4v) is 2.14. The predicted molar refractivity (Wildman–Crippen MR) is 68.7 cm³/mol. The largest absolute Gasteiger partial charge is 0.394 e. The van der Waals surface area contributed by atoms with Crippen LogP contribution in [-0.4, -0.2) is 64.3 Å². The molecule has 0 aromatic heterocycles. The number of nitrogens with one attached hydrogen (secondary N) is 1. The van der Waals surface area contributed by atoms with Crippen LogP contribution < -0.4 is 5.32 Å². The van der Waals surface area contributed by atoms with Crippen LogP contribution in [-0.2, 0) is 9.53 Å². The summed E-state index contributed by atoms with van der Waals surface area (Å²) < 4.78 is 31.1. The van der Waals surface area contributed by atoms with E-state index in [2.05, 4.69) is 10.4 Å². The van der Waals surface area contributed by atoms with Crippen LogP contribution in [0.2, 0.25) is 0 Å². The summed E-state index contributed by atoms with van der Waals surface area (Å²) in [5, 5.41) is 33.1. The lowest BCUT2D eigenvalue weighted by Crippen LogP contribution is -2.63. The quantitative estimate of drug-likeness (QED) is 0.228. The van der Waals surface area contributed by atoms with E-state index in [0.717, 1.165) is 0 Å². The van der Waals surface area contributed by atoms with E-state index in [1.54, 1.807) is 0 Å². The zero-order valence-corrected chi connectivity index (χ0v) is 11.8. The van der Waals surface area contributed by atoms with Gasteiger partial charge in [-0.05, 0) is 17.6 Å². The van der Waals surface area contributed by atoms with Gasteiger partial charge in [-0.15, -0.1) is 0 Å². The summed E-state index contributed by atoms with van der Waals surface area (Å²) >= 11 is 0. The summed E-state index contributed by atoms with van der Waals surface area (Å²) in [7, 11) is 0. The molecule has 1 heterocycles. The van der Waals surface area contributed by atoms with E-state index in [4.69, 9.17) is 15.4 Å². The van der Waals surface area contributed by atoms with Gasteiger partial charge in [-0.1, -0.05) is 0 Å². The van der Waals surface area contributed by atoms with E-state index in [9.17, 15) is 23.8 Å². The molecule has 2 unspecified atom stereocenters. The van der Waals surface area contributed by atoms with Gasteiger partial charge in [0, 0.05) is 17.8 Å². The Kier molecular flexibility index (Phi) is 6.45. The fourth-order valence-electron chi connectivity index (χ4n) is 2.14. The fraction of sp³-hybridized carbons (Fsp3) is 0.909. The van der Waals surface area contributed by atoms with Crippen molar-refractivity contribution >= 4 is 5.91 Å². The van der Waals surface area contributed by atoms with Crippen molar-refractivity contribution in [2.24, 2.45) is 5.11 Å². The number of rotatable bonds is 6. The second-order valence-electron chi connectivity index (χ2n) is 4.99. The number of alkyl halides is 2. The normalized spacial score (nSPS) is 32.2. The van der Waals surface area contributed by atoms with Crippen molar-refractivity contribution in [1.29, 1.82) is 0 Å². The topological polar surface area (TPSA) is 148 Å². The highest BCUT2D eigenvalue weighted by Crippen LogP contribution is 2.23. The van der Waals surface area contributed by atoms with Gasteiger partial charge in [-0.2, -0.15) is 0 Å². The molecule has 0 bridgehead atoms. The number of hydrogen-bond acceptors (Lipinski definition) is 6. The highest BCUT2D eigenvalue weighted by molar-refractivity contribution is 5.76. The number of amides is 1. The van der Waals surface area contributed by atoms with Crippen molar-refractivity contribution in [2.75, 3.05) is 6.61 Å². The molecule has 1 aliphatic heterocycles. The predicted octanol–water partition coefficient (Wildman–Crippen LogP) is -0.344. The number of hydrogen-bond donors (Lipinski definition) is 4. The van der Waals surface area contributed by atoms with Crippen LogP contribution >= 0.6 is 0 Å². The van der Waals surface area contributed by atoms with Gasteiger partial charge in [0.15, 0.2) is 0 Å². The number of aliphatic hydroxyl groups excluding tert-OH is 3. The van der Waals surface area contributed by atoms with Crippen LogP contribution in [0.1, 0.15) is 19.8 Å². The molecular formula is C11H18F2N4O5. The maximum absolute atomic E-state index is 12.9. The SMILES string of the molecule is C[C@H]1OC(CO)[C@H](O)[C@H](O)C1NC(=O)CCC(F)(F)N=[N+]=[N-]. The Morgan fingerprint density at radius 3 is 2.64 bits per heavy atom. The lowest BCUT2D eigenvalue weighted by molar-refractivity contribution is -0.190. The molecule has 1 saturated heterocycles. The summed E-state index contributed by atoms with van der Waals surface area (Å²) in [5.74, 6) is -0.818. The molecule has 1 fully saturated rings. The van der Waals surface area contributed by atoms with Crippen LogP contribution in [0.3, 0.4) is 0 Å². The Balaban J connectivity index is 2.58. The average molecular weight is 324 g/mol. The van der Waals surface area contributed by atoms with Gasteiger partial charge in [0.25, 0.3) is 0 Å². The number of halogens is 2. The van der Waals surface area contributed by atoms with Crippen molar-refractivity contribution in [3.05, 3.63) is 10.4 Å². The average Bonchev–Trinajstić information content (AvgIpc) is 2.45. The smallest absolute Gasteiger partial charge is 0.326 e. The molecule has 0 aliphatic carbocycles. The van der Waals surface area contributed by atoms with Gasteiger partial charge >= 0.3 is 6.05 Å². The number of carbonyl (C=O) groups is 1. The molecule has 1 rings (SSSR count). The number of nitrogens with zero attached hydrogens (tertiary/aromatic N) is 3. The van der Waals surface area contributed by atoms with E-state index < -0.39 is 61.9 Å². The molecule has 1 amide bonds. The summed E-state index contributed by atoms with van der Waals surface area (Å²) in [4.78, 5) is 13.6. The Bertz CT molecular complexity index is 446. The Labute approximate surface area is 124 Å².